The molecule has 0 aliphatic carbocycles. The van der Waals surface area contributed by atoms with Gasteiger partial charge in [-0.2, -0.15) is 0 Å². The van der Waals surface area contributed by atoms with Crippen LogP contribution in [-0.2, 0) is 0 Å². The number of halogens is 1. The Balaban J connectivity index is 1.75. The topological polar surface area (TPSA) is 41.8 Å². The SMILES string of the molecule is C=CCCCOc1ccc(N=Cc2cc(Cl)cc(C(C)c3ccccc3)c2O)cc1. The van der Waals surface area contributed by atoms with Gasteiger partial charge in [-0.3, -0.25) is 4.99 Å². The second-order valence-corrected chi connectivity index (χ2v) is 7.53. The summed E-state index contributed by atoms with van der Waals surface area (Å²) in [5.74, 6) is 1.01. The van der Waals surface area contributed by atoms with Gasteiger partial charge >= 0.3 is 0 Å². The van der Waals surface area contributed by atoms with Crippen LogP contribution in [0.25, 0.3) is 0 Å². The minimum Gasteiger partial charge on any atom is -0.507 e. The number of hydrogen-bond acceptors (Lipinski definition) is 3. The fraction of sp³-hybridized carbons (Fsp3) is 0.192. The Kier molecular flexibility index (Phi) is 7.69. The molecule has 3 aromatic carbocycles. The maximum absolute atomic E-state index is 10.8. The van der Waals surface area contributed by atoms with Crippen molar-refractivity contribution in [2.24, 2.45) is 4.99 Å². The molecule has 0 saturated heterocycles. The van der Waals surface area contributed by atoms with Gasteiger partial charge < -0.3 is 9.84 Å². The van der Waals surface area contributed by atoms with Crippen LogP contribution in [-0.4, -0.2) is 17.9 Å². The van der Waals surface area contributed by atoms with Gasteiger partial charge in [-0.25, -0.2) is 0 Å². The Bertz CT molecular complexity index is 998. The Morgan fingerprint density at radius 3 is 2.53 bits per heavy atom. The molecule has 0 saturated carbocycles. The number of allylic oxidation sites excluding steroid dienone is 1. The summed E-state index contributed by atoms with van der Waals surface area (Å²) in [5, 5.41) is 11.4. The highest BCUT2D eigenvalue weighted by Crippen LogP contribution is 2.35. The second-order valence-electron chi connectivity index (χ2n) is 7.10. The van der Waals surface area contributed by atoms with E-state index in [1.54, 1.807) is 12.3 Å². The van der Waals surface area contributed by atoms with Crippen molar-refractivity contribution >= 4 is 23.5 Å². The first-order chi connectivity index (χ1) is 14.6. The summed E-state index contributed by atoms with van der Waals surface area (Å²) in [6.07, 6.45) is 5.42. The van der Waals surface area contributed by atoms with E-state index in [-0.39, 0.29) is 11.7 Å². The van der Waals surface area contributed by atoms with Crippen molar-refractivity contribution in [3.8, 4) is 11.5 Å². The molecule has 1 unspecified atom stereocenters. The molecule has 30 heavy (non-hydrogen) atoms. The van der Waals surface area contributed by atoms with E-state index in [4.69, 9.17) is 16.3 Å². The number of ether oxygens (including phenoxy) is 1. The number of nitrogens with zero attached hydrogens (tertiary/aromatic N) is 1. The van der Waals surface area contributed by atoms with Gasteiger partial charge in [-0.1, -0.05) is 54.9 Å². The van der Waals surface area contributed by atoms with Crippen molar-refractivity contribution in [2.75, 3.05) is 6.61 Å². The van der Waals surface area contributed by atoms with Gasteiger partial charge in [0.2, 0.25) is 0 Å². The zero-order chi connectivity index (χ0) is 21.3. The Morgan fingerprint density at radius 1 is 1.10 bits per heavy atom. The van der Waals surface area contributed by atoms with Crippen LogP contribution in [0.1, 0.15) is 42.4 Å². The lowest BCUT2D eigenvalue weighted by Crippen LogP contribution is -1.99. The van der Waals surface area contributed by atoms with Crippen molar-refractivity contribution < 1.29 is 9.84 Å². The number of benzene rings is 3. The van der Waals surface area contributed by atoms with Crippen LogP contribution in [0.2, 0.25) is 5.02 Å². The highest BCUT2D eigenvalue weighted by Gasteiger charge is 2.16. The van der Waals surface area contributed by atoms with Crippen LogP contribution in [0.4, 0.5) is 5.69 Å². The predicted octanol–water partition coefficient (Wildman–Crippen LogP) is 7.29. The molecule has 4 heteroatoms. The van der Waals surface area contributed by atoms with Crippen molar-refractivity contribution in [3.63, 3.8) is 0 Å². The molecule has 3 aromatic rings. The molecule has 3 rings (SSSR count). The van der Waals surface area contributed by atoms with Crippen LogP contribution in [0, 0.1) is 0 Å². The van der Waals surface area contributed by atoms with Gasteiger partial charge in [0.15, 0.2) is 0 Å². The smallest absolute Gasteiger partial charge is 0.128 e. The van der Waals surface area contributed by atoms with Crippen molar-refractivity contribution in [3.05, 3.63) is 101 Å². The minimum absolute atomic E-state index is 0.00886. The highest BCUT2D eigenvalue weighted by molar-refractivity contribution is 6.31. The molecule has 0 aliphatic heterocycles. The fourth-order valence-electron chi connectivity index (χ4n) is 3.18. The summed E-state index contributed by atoms with van der Waals surface area (Å²) in [4.78, 5) is 4.49. The van der Waals surface area contributed by atoms with E-state index >= 15 is 0 Å². The molecule has 0 aliphatic rings. The highest BCUT2D eigenvalue weighted by atomic mass is 35.5. The number of rotatable bonds is 9. The molecule has 0 radical (unpaired) electrons. The fourth-order valence-corrected chi connectivity index (χ4v) is 3.42. The Morgan fingerprint density at radius 2 is 1.83 bits per heavy atom. The standard InChI is InChI=1S/C26H26ClNO2/c1-3-4-8-15-30-24-13-11-23(12-14-24)28-18-21-16-22(27)17-25(26(21)29)19(2)20-9-6-5-7-10-20/h3,5-7,9-14,16-19,29H,1,4,8,15H2,2H3. The summed E-state index contributed by atoms with van der Waals surface area (Å²) >= 11 is 6.33. The van der Waals surface area contributed by atoms with Crippen LogP contribution >= 0.6 is 11.6 Å². The van der Waals surface area contributed by atoms with E-state index < -0.39 is 0 Å². The minimum atomic E-state index is 0.00886. The molecule has 0 fully saturated rings. The third kappa shape index (κ3) is 5.74. The van der Waals surface area contributed by atoms with Crippen molar-refractivity contribution in [1.82, 2.24) is 0 Å². The number of phenolic OH excluding ortho intramolecular Hbond substituents is 1. The number of unbranched alkanes of at least 4 members (excludes halogenated alkanes) is 1. The zero-order valence-corrected chi connectivity index (χ0v) is 17.8. The third-order valence-corrected chi connectivity index (χ3v) is 5.13. The van der Waals surface area contributed by atoms with Gasteiger partial charge in [0.25, 0.3) is 0 Å². The summed E-state index contributed by atoms with van der Waals surface area (Å²) in [7, 11) is 0. The molecule has 0 bridgehead atoms. The van der Waals surface area contributed by atoms with Crippen molar-refractivity contribution in [1.29, 1.82) is 0 Å². The summed E-state index contributed by atoms with van der Waals surface area (Å²) in [5.41, 5.74) is 3.25. The lowest BCUT2D eigenvalue weighted by Gasteiger charge is -2.16. The van der Waals surface area contributed by atoms with E-state index in [1.165, 1.54) is 0 Å². The average Bonchev–Trinajstić information content (AvgIpc) is 2.78. The predicted molar refractivity (Wildman–Crippen MR) is 126 cm³/mol. The van der Waals surface area contributed by atoms with Gasteiger partial charge in [0.1, 0.15) is 11.5 Å². The summed E-state index contributed by atoms with van der Waals surface area (Å²) in [6, 6.07) is 21.1. The third-order valence-electron chi connectivity index (χ3n) is 4.91. The molecular weight excluding hydrogens is 394 g/mol. The van der Waals surface area contributed by atoms with Crippen LogP contribution in [0.5, 0.6) is 11.5 Å². The quantitative estimate of drug-likeness (QED) is 0.224. The Labute approximate surface area is 183 Å². The first-order valence-electron chi connectivity index (χ1n) is 10.0. The van der Waals surface area contributed by atoms with Crippen LogP contribution in [0.15, 0.2) is 84.4 Å². The maximum atomic E-state index is 10.8. The van der Waals surface area contributed by atoms with E-state index in [2.05, 4.69) is 18.5 Å². The van der Waals surface area contributed by atoms with E-state index in [9.17, 15) is 5.11 Å². The molecule has 0 heterocycles. The molecule has 154 valence electrons. The van der Waals surface area contributed by atoms with E-state index in [1.807, 2.05) is 66.7 Å². The van der Waals surface area contributed by atoms with Gasteiger partial charge in [0.05, 0.1) is 12.3 Å². The summed E-state index contributed by atoms with van der Waals surface area (Å²) in [6.45, 7) is 6.42. The number of phenols is 1. The van der Waals surface area contributed by atoms with Crippen LogP contribution < -0.4 is 4.74 Å². The normalized spacial score (nSPS) is 12.1. The van der Waals surface area contributed by atoms with E-state index in [0.29, 0.717) is 17.2 Å². The lowest BCUT2D eigenvalue weighted by molar-refractivity contribution is 0.312. The van der Waals surface area contributed by atoms with Crippen molar-refractivity contribution in [2.45, 2.75) is 25.7 Å². The maximum Gasteiger partial charge on any atom is 0.128 e. The number of aromatic hydroxyl groups is 1. The first kappa shape index (κ1) is 21.7. The van der Waals surface area contributed by atoms with Crippen LogP contribution in [0.3, 0.4) is 0 Å². The van der Waals surface area contributed by atoms with Gasteiger partial charge in [-0.15, -0.1) is 6.58 Å². The number of hydrogen-bond donors (Lipinski definition) is 1. The average molecular weight is 420 g/mol. The van der Waals surface area contributed by atoms with E-state index in [0.717, 1.165) is 35.4 Å². The lowest BCUT2D eigenvalue weighted by atomic mass is 9.91. The molecule has 3 nitrogen and oxygen atoms in total. The monoisotopic (exact) mass is 419 g/mol. The molecule has 0 aromatic heterocycles. The second kappa shape index (κ2) is 10.7. The molecule has 0 spiro atoms. The Hall–Kier alpha value is -3.04. The van der Waals surface area contributed by atoms with Gasteiger partial charge in [0, 0.05) is 28.3 Å². The molecule has 1 atom stereocenters. The molecule has 0 amide bonds. The zero-order valence-electron chi connectivity index (χ0n) is 17.1. The first-order valence-corrected chi connectivity index (χ1v) is 10.4. The largest absolute Gasteiger partial charge is 0.507 e. The number of aliphatic imine (C=N–C) groups is 1. The molecular formula is C26H26ClNO2. The summed E-state index contributed by atoms with van der Waals surface area (Å²) < 4.78 is 5.69. The van der Waals surface area contributed by atoms with Gasteiger partial charge in [-0.05, 0) is 54.8 Å². The molecule has 1 N–H and O–H groups in total.